The molecule has 1 saturated carbocycles. The molecule has 5 heteroatoms. The van der Waals surface area contributed by atoms with Crippen LogP contribution in [0.4, 0.5) is 0 Å². The Bertz CT molecular complexity index is 258. The summed E-state index contributed by atoms with van der Waals surface area (Å²) in [6, 6.07) is 0. The lowest BCUT2D eigenvalue weighted by molar-refractivity contribution is -0.148. The van der Waals surface area contributed by atoms with Crippen molar-refractivity contribution in [2.24, 2.45) is 11.8 Å². The highest BCUT2D eigenvalue weighted by Gasteiger charge is 2.31. The van der Waals surface area contributed by atoms with E-state index in [-0.39, 0.29) is 29.6 Å². The van der Waals surface area contributed by atoms with Gasteiger partial charge in [0.15, 0.2) is 0 Å². The number of ether oxygens (including phenoxy) is 1. The first-order valence-corrected chi connectivity index (χ1v) is 6.13. The van der Waals surface area contributed by atoms with Crippen molar-refractivity contribution in [2.75, 3.05) is 19.5 Å². The normalized spacial score (nSPS) is 24.9. The van der Waals surface area contributed by atoms with Gasteiger partial charge in [-0.15, -0.1) is 11.6 Å². The molecular weight excluding hydrogens is 230 g/mol. The van der Waals surface area contributed by atoms with Gasteiger partial charge in [-0.3, -0.25) is 9.59 Å². The number of nitrogens with one attached hydrogen (secondary N) is 1. The quantitative estimate of drug-likeness (QED) is 0.602. The van der Waals surface area contributed by atoms with Crippen LogP contribution in [-0.4, -0.2) is 31.4 Å². The molecule has 0 aromatic heterocycles. The topological polar surface area (TPSA) is 55.4 Å². The summed E-state index contributed by atoms with van der Waals surface area (Å²) in [6.07, 6.45) is 3.98. The van der Waals surface area contributed by atoms with Gasteiger partial charge in [-0.1, -0.05) is 12.8 Å². The predicted octanol–water partition coefficient (Wildman–Crippen LogP) is 1.32. The lowest BCUT2D eigenvalue weighted by Gasteiger charge is -2.29. The maximum absolute atomic E-state index is 11.5. The number of carbonyl (C=O) groups is 2. The van der Waals surface area contributed by atoms with Gasteiger partial charge >= 0.3 is 5.97 Å². The van der Waals surface area contributed by atoms with Crippen LogP contribution < -0.4 is 5.32 Å². The lowest BCUT2D eigenvalue weighted by Crippen LogP contribution is -2.38. The SMILES string of the molecule is COC(=O)C1CCCCC1CNC(=O)CCl. The Hall–Kier alpha value is -0.770. The van der Waals surface area contributed by atoms with Gasteiger partial charge in [0.2, 0.25) is 5.91 Å². The number of methoxy groups -OCH3 is 1. The molecule has 0 aromatic rings. The Balaban J connectivity index is 2.47. The van der Waals surface area contributed by atoms with Crippen LogP contribution in [0.3, 0.4) is 0 Å². The Morgan fingerprint density at radius 1 is 1.38 bits per heavy atom. The second-order valence-electron chi connectivity index (χ2n) is 4.11. The molecule has 1 aliphatic carbocycles. The van der Waals surface area contributed by atoms with Gasteiger partial charge in [-0.2, -0.15) is 0 Å². The minimum absolute atomic E-state index is 0.0321. The van der Waals surface area contributed by atoms with Crippen LogP contribution in [0, 0.1) is 11.8 Å². The summed E-state index contributed by atoms with van der Waals surface area (Å²) >= 11 is 5.39. The van der Waals surface area contributed by atoms with Crippen molar-refractivity contribution >= 4 is 23.5 Å². The molecule has 2 atom stereocenters. The molecule has 1 rings (SSSR count). The molecule has 0 aliphatic heterocycles. The summed E-state index contributed by atoms with van der Waals surface area (Å²) in [6.45, 7) is 0.519. The van der Waals surface area contributed by atoms with Crippen molar-refractivity contribution in [3.8, 4) is 0 Å². The molecule has 1 aliphatic rings. The van der Waals surface area contributed by atoms with Gasteiger partial charge in [0.05, 0.1) is 13.0 Å². The third-order valence-electron chi connectivity index (χ3n) is 3.10. The molecule has 0 saturated heterocycles. The van der Waals surface area contributed by atoms with Crippen LogP contribution in [0.2, 0.25) is 0 Å². The van der Waals surface area contributed by atoms with Crippen LogP contribution in [0.25, 0.3) is 0 Å². The number of carbonyl (C=O) groups excluding carboxylic acids is 2. The molecule has 0 heterocycles. The summed E-state index contributed by atoms with van der Waals surface area (Å²) in [7, 11) is 1.41. The third kappa shape index (κ3) is 3.67. The van der Waals surface area contributed by atoms with E-state index in [0.29, 0.717) is 6.54 Å². The minimum atomic E-state index is -0.184. The number of amides is 1. The molecule has 0 spiro atoms. The van der Waals surface area contributed by atoms with Crippen molar-refractivity contribution in [3.05, 3.63) is 0 Å². The lowest BCUT2D eigenvalue weighted by atomic mass is 9.79. The van der Waals surface area contributed by atoms with E-state index in [1.807, 2.05) is 0 Å². The van der Waals surface area contributed by atoms with E-state index in [4.69, 9.17) is 16.3 Å². The van der Waals surface area contributed by atoms with Crippen LogP contribution in [-0.2, 0) is 14.3 Å². The van der Waals surface area contributed by atoms with Crippen LogP contribution in [0.15, 0.2) is 0 Å². The van der Waals surface area contributed by atoms with Gasteiger partial charge < -0.3 is 10.1 Å². The first kappa shape index (κ1) is 13.3. The largest absolute Gasteiger partial charge is 0.469 e. The van der Waals surface area contributed by atoms with Gasteiger partial charge in [-0.05, 0) is 18.8 Å². The molecule has 0 radical (unpaired) electrons. The molecule has 1 fully saturated rings. The molecule has 2 unspecified atom stereocenters. The Kier molecular flexibility index (Phi) is 5.60. The molecule has 1 amide bonds. The zero-order valence-electron chi connectivity index (χ0n) is 9.50. The van der Waals surface area contributed by atoms with Gasteiger partial charge in [0.1, 0.15) is 5.88 Å². The van der Waals surface area contributed by atoms with Gasteiger partial charge in [0, 0.05) is 6.54 Å². The number of esters is 1. The highest BCUT2D eigenvalue weighted by molar-refractivity contribution is 6.27. The number of hydrogen-bond donors (Lipinski definition) is 1. The van der Waals surface area contributed by atoms with Crippen molar-refractivity contribution in [3.63, 3.8) is 0 Å². The highest BCUT2D eigenvalue weighted by atomic mass is 35.5. The van der Waals surface area contributed by atoms with Crippen LogP contribution in [0.1, 0.15) is 25.7 Å². The van der Waals surface area contributed by atoms with E-state index < -0.39 is 0 Å². The summed E-state index contributed by atoms with van der Waals surface area (Å²) in [4.78, 5) is 22.6. The Labute approximate surface area is 101 Å². The molecule has 16 heavy (non-hydrogen) atoms. The van der Waals surface area contributed by atoms with E-state index >= 15 is 0 Å². The number of rotatable bonds is 4. The fraction of sp³-hybridized carbons (Fsp3) is 0.818. The zero-order valence-corrected chi connectivity index (χ0v) is 10.3. The maximum atomic E-state index is 11.5. The summed E-state index contributed by atoms with van der Waals surface area (Å²) in [5, 5.41) is 2.73. The molecular formula is C11H18ClNO3. The fourth-order valence-corrected chi connectivity index (χ4v) is 2.30. The van der Waals surface area contributed by atoms with Gasteiger partial charge in [-0.25, -0.2) is 0 Å². The molecule has 4 nitrogen and oxygen atoms in total. The Morgan fingerprint density at radius 3 is 2.69 bits per heavy atom. The number of halogens is 1. The van der Waals surface area contributed by atoms with E-state index in [2.05, 4.69) is 5.32 Å². The molecule has 0 bridgehead atoms. The van der Waals surface area contributed by atoms with Crippen molar-refractivity contribution in [2.45, 2.75) is 25.7 Å². The maximum Gasteiger partial charge on any atom is 0.309 e. The summed E-state index contributed by atoms with van der Waals surface area (Å²) in [5.74, 6) is -0.265. The third-order valence-corrected chi connectivity index (χ3v) is 3.34. The minimum Gasteiger partial charge on any atom is -0.469 e. The predicted molar refractivity (Wildman–Crippen MR) is 61.2 cm³/mol. The standard InChI is InChI=1S/C11H18ClNO3/c1-16-11(15)9-5-3-2-4-8(9)7-13-10(14)6-12/h8-9H,2-7H2,1H3,(H,13,14). The summed E-state index contributed by atoms with van der Waals surface area (Å²) in [5.41, 5.74) is 0. The molecule has 92 valence electrons. The van der Waals surface area contributed by atoms with Crippen LogP contribution >= 0.6 is 11.6 Å². The number of hydrogen-bond acceptors (Lipinski definition) is 3. The summed E-state index contributed by atoms with van der Waals surface area (Å²) < 4.78 is 4.78. The van der Waals surface area contributed by atoms with Crippen LogP contribution in [0.5, 0.6) is 0 Å². The highest BCUT2D eigenvalue weighted by Crippen LogP contribution is 2.30. The van der Waals surface area contributed by atoms with E-state index in [1.54, 1.807) is 0 Å². The van der Waals surface area contributed by atoms with E-state index in [0.717, 1.165) is 25.7 Å². The van der Waals surface area contributed by atoms with Crippen molar-refractivity contribution in [1.82, 2.24) is 5.32 Å². The first-order valence-electron chi connectivity index (χ1n) is 5.59. The fourth-order valence-electron chi connectivity index (χ4n) is 2.21. The van der Waals surface area contributed by atoms with Crippen molar-refractivity contribution in [1.29, 1.82) is 0 Å². The smallest absolute Gasteiger partial charge is 0.309 e. The van der Waals surface area contributed by atoms with Crippen molar-refractivity contribution < 1.29 is 14.3 Å². The van der Waals surface area contributed by atoms with E-state index in [9.17, 15) is 9.59 Å². The van der Waals surface area contributed by atoms with Gasteiger partial charge in [0.25, 0.3) is 0 Å². The first-order chi connectivity index (χ1) is 7.69. The van der Waals surface area contributed by atoms with E-state index in [1.165, 1.54) is 7.11 Å². The average molecular weight is 248 g/mol. The Morgan fingerprint density at radius 2 is 2.06 bits per heavy atom. The second-order valence-corrected chi connectivity index (χ2v) is 4.38. The zero-order chi connectivity index (χ0) is 12.0. The number of alkyl halides is 1. The average Bonchev–Trinajstić information content (AvgIpc) is 2.35. The molecule has 0 aromatic carbocycles. The monoisotopic (exact) mass is 247 g/mol. The second kappa shape index (κ2) is 6.74. The molecule has 1 N–H and O–H groups in total.